The smallest absolute Gasteiger partial charge is 0.322 e. The van der Waals surface area contributed by atoms with Crippen LogP contribution < -0.4 is 43.4 Å². The highest BCUT2D eigenvalue weighted by molar-refractivity contribution is 5.97. The Balaban J connectivity index is 5.77. The van der Waals surface area contributed by atoms with E-state index in [0.29, 0.717) is 6.42 Å². The van der Waals surface area contributed by atoms with Gasteiger partial charge in [0.15, 0.2) is 0 Å². The van der Waals surface area contributed by atoms with Crippen LogP contribution in [-0.2, 0) is 43.2 Å². The second kappa shape index (κ2) is 22.6. The molecule has 0 spiro atoms. The highest BCUT2D eigenvalue weighted by atomic mass is 16.4. The van der Waals surface area contributed by atoms with E-state index in [4.69, 9.17) is 26.8 Å². The van der Waals surface area contributed by atoms with E-state index in [1.54, 1.807) is 0 Å². The average Bonchev–Trinajstić information content (AvgIpc) is 3.00. The van der Waals surface area contributed by atoms with Gasteiger partial charge in [0.05, 0.1) is 31.7 Å². The molecule has 48 heavy (non-hydrogen) atoms. The average molecular weight is 693 g/mol. The summed E-state index contributed by atoms with van der Waals surface area (Å²) in [6.45, 7) is -1.17. The number of carbonyl (C=O) groups excluding carboxylic acids is 6. The van der Waals surface area contributed by atoms with Gasteiger partial charge in [-0.2, -0.15) is 0 Å². The topological polar surface area (TPSA) is 379 Å². The molecule has 0 radical (unpaired) electrons. The third-order valence-electron chi connectivity index (χ3n) is 6.33. The molecule has 0 aromatic carbocycles. The molecule has 0 aliphatic heterocycles. The van der Waals surface area contributed by atoms with E-state index in [1.807, 2.05) is 5.32 Å². The van der Waals surface area contributed by atoms with Gasteiger partial charge in [-0.1, -0.05) is 0 Å². The lowest BCUT2D eigenvalue weighted by atomic mass is 10.0. The van der Waals surface area contributed by atoms with E-state index >= 15 is 0 Å². The van der Waals surface area contributed by atoms with Crippen LogP contribution in [0, 0.1) is 0 Å². The minimum atomic E-state index is -1.75. The maximum Gasteiger partial charge on any atom is 0.322 e. The number of nitrogens with one attached hydrogen (secondary N) is 6. The van der Waals surface area contributed by atoms with Crippen LogP contribution in [0.2, 0.25) is 0 Å². The number of amides is 6. The number of carboxylic acids is 3. The Morgan fingerprint density at radius 2 is 1.19 bits per heavy atom. The Morgan fingerprint density at radius 1 is 0.646 bits per heavy atom. The monoisotopic (exact) mass is 692 g/mol. The summed E-state index contributed by atoms with van der Waals surface area (Å²) in [5.74, 6) is -10.4. The number of rotatable bonds is 24. The van der Waals surface area contributed by atoms with Crippen molar-refractivity contribution >= 4 is 53.4 Å². The van der Waals surface area contributed by atoms with Gasteiger partial charge in [0.1, 0.15) is 30.7 Å². The SMILES string of the molecule is CC(O)C(NC(=O)C(CO)NC(=O)C(CCCCN)NC(=O)C(CCC(=O)O)NC(=O)C(N)CC(=O)O)C(=O)NCC(=O)NCC(=O)O. The van der Waals surface area contributed by atoms with Crippen LogP contribution in [0.15, 0.2) is 0 Å². The maximum atomic E-state index is 13.2. The van der Waals surface area contributed by atoms with Crippen LogP contribution in [0.4, 0.5) is 0 Å². The summed E-state index contributed by atoms with van der Waals surface area (Å²) in [4.78, 5) is 108. The molecule has 6 amide bonds. The highest BCUT2D eigenvalue weighted by Gasteiger charge is 2.33. The minimum Gasteiger partial charge on any atom is -0.481 e. The summed E-state index contributed by atoms with van der Waals surface area (Å²) >= 11 is 0. The van der Waals surface area contributed by atoms with Crippen molar-refractivity contribution in [2.45, 2.75) is 81.8 Å². The van der Waals surface area contributed by atoms with Crippen molar-refractivity contribution in [3.05, 3.63) is 0 Å². The lowest BCUT2D eigenvalue weighted by Gasteiger charge is -2.26. The quantitative estimate of drug-likeness (QED) is 0.0418. The largest absolute Gasteiger partial charge is 0.481 e. The standard InChI is InChI=1S/C26H44N8O14/c1-12(36)21(26(48)30-9-17(37)29-10-20(42)43)34-25(47)16(11-35)33-23(45)14(4-2-3-7-27)32-24(46)15(5-6-18(38)39)31-22(44)13(28)8-19(40)41/h12-16,21,35-36H,2-11,27-28H2,1H3,(H,29,37)(H,30,48)(H,31,44)(H,32,46)(H,33,45)(H,34,47)(H,38,39)(H,40,41)(H,42,43). The lowest BCUT2D eigenvalue weighted by molar-refractivity contribution is -0.140. The van der Waals surface area contributed by atoms with Crippen molar-refractivity contribution in [1.29, 1.82) is 0 Å². The zero-order valence-electron chi connectivity index (χ0n) is 26.1. The predicted octanol–water partition coefficient (Wildman–Crippen LogP) is -6.59. The van der Waals surface area contributed by atoms with Crippen LogP contribution >= 0.6 is 0 Å². The molecule has 0 aliphatic rings. The summed E-state index contributed by atoms with van der Waals surface area (Å²) in [5.41, 5.74) is 11.0. The van der Waals surface area contributed by atoms with Crippen LogP contribution in [0.3, 0.4) is 0 Å². The van der Waals surface area contributed by atoms with E-state index < -0.39 is 129 Å². The summed E-state index contributed by atoms with van der Waals surface area (Å²) in [6.07, 6.45) is -2.90. The molecule has 0 aromatic rings. The molecule has 0 bridgehead atoms. The fourth-order valence-electron chi connectivity index (χ4n) is 3.77. The van der Waals surface area contributed by atoms with Gasteiger partial charge < -0.3 is 68.9 Å². The van der Waals surface area contributed by atoms with Crippen molar-refractivity contribution in [2.24, 2.45) is 11.5 Å². The van der Waals surface area contributed by atoms with Gasteiger partial charge >= 0.3 is 17.9 Å². The lowest BCUT2D eigenvalue weighted by Crippen LogP contribution is -2.61. The third-order valence-corrected chi connectivity index (χ3v) is 6.33. The molecule has 272 valence electrons. The minimum absolute atomic E-state index is 0.0880. The predicted molar refractivity (Wildman–Crippen MR) is 160 cm³/mol. The van der Waals surface area contributed by atoms with E-state index in [-0.39, 0.29) is 19.4 Å². The molecule has 15 N–H and O–H groups in total. The van der Waals surface area contributed by atoms with Crippen molar-refractivity contribution in [1.82, 2.24) is 31.9 Å². The first-order chi connectivity index (χ1) is 22.4. The van der Waals surface area contributed by atoms with Gasteiger partial charge in [-0.25, -0.2) is 0 Å². The Labute approximate surface area is 273 Å². The summed E-state index contributed by atoms with van der Waals surface area (Å²) in [7, 11) is 0. The maximum absolute atomic E-state index is 13.2. The molecule has 0 saturated carbocycles. The van der Waals surface area contributed by atoms with Gasteiger partial charge in [0, 0.05) is 6.42 Å². The summed E-state index contributed by atoms with van der Waals surface area (Å²) < 4.78 is 0. The molecule has 22 heteroatoms. The molecule has 0 heterocycles. The van der Waals surface area contributed by atoms with E-state index in [9.17, 15) is 53.4 Å². The van der Waals surface area contributed by atoms with Crippen molar-refractivity contribution in [3.8, 4) is 0 Å². The number of hydrogen-bond acceptors (Lipinski definition) is 13. The number of carboxylic acid groups (broad SMARTS) is 3. The number of unbranched alkanes of at least 4 members (excludes halogenated alkanes) is 1. The van der Waals surface area contributed by atoms with Gasteiger partial charge in [-0.3, -0.25) is 43.2 Å². The van der Waals surface area contributed by atoms with Gasteiger partial charge in [-0.05, 0) is 39.2 Å². The Kier molecular flexibility index (Phi) is 20.3. The van der Waals surface area contributed by atoms with Gasteiger partial charge in [-0.15, -0.1) is 0 Å². The van der Waals surface area contributed by atoms with Gasteiger partial charge in [0.25, 0.3) is 0 Å². The normalized spacial score (nSPS) is 14.4. The molecule has 0 saturated heterocycles. The van der Waals surface area contributed by atoms with Crippen LogP contribution in [0.1, 0.15) is 45.4 Å². The van der Waals surface area contributed by atoms with Crippen molar-refractivity contribution in [3.63, 3.8) is 0 Å². The van der Waals surface area contributed by atoms with Crippen LogP contribution in [0.25, 0.3) is 0 Å². The molecule has 22 nitrogen and oxygen atoms in total. The Hall–Kier alpha value is -4.93. The first-order valence-electron chi connectivity index (χ1n) is 14.6. The number of carbonyl (C=O) groups is 9. The number of aliphatic hydroxyl groups is 2. The van der Waals surface area contributed by atoms with Crippen molar-refractivity contribution in [2.75, 3.05) is 26.2 Å². The molecule has 6 unspecified atom stereocenters. The first-order valence-corrected chi connectivity index (χ1v) is 14.6. The van der Waals surface area contributed by atoms with Crippen LogP contribution in [-0.4, -0.2) is 141 Å². The molecule has 6 atom stereocenters. The van der Waals surface area contributed by atoms with Gasteiger partial charge in [0.2, 0.25) is 35.4 Å². The number of aliphatic hydroxyl groups excluding tert-OH is 2. The molecular weight excluding hydrogens is 648 g/mol. The zero-order chi connectivity index (χ0) is 37.0. The molecule has 0 rings (SSSR count). The van der Waals surface area contributed by atoms with E-state index in [1.165, 1.54) is 0 Å². The third kappa shape index (κ3) is 17.7. The fourth-order valence-corrected chi connectivity index (χ4v) is 3.77. The Bertz CT molecular complexity index is 1170. The highest BCUT2D eigenvalue weighted by Crippen LogP contribution is 2.06. The number of nitrogens with two attached hydrogens (primary N) is 2. The summed E-state index contributed by atoms with van der Waals surface area (Å²) in [6, 6.07) is -8.07. The second-order valence-electron chi connectivity index (χ2n) is 10.4. The van der Waals surface area contributed by atoms with E-state index in [0.717, 1.165) is 6.92 Å². The van der Waals surface area contributed by atoms with Crippen molar-refractivity contribution < 1.29 is 68.7 Å². The molecule has 0 aromatic heterocycles. The fraction of sp³-hybridized carbons (Fsp3) is 0.654. The Morgan fingerprint density at radius 3 is 1.69 bits per heavy atom. The number of aliphatic carboxylic acids is 3. The first kappa shape index (κ1) is 43.1. The van der Waals surface area contributed by atoms with Crippen LogP contribution in [0.5, 0.6) is 0 Å². The zero-order valence-corrected chi connectivity index (χ0v) is 26.1. The molecule has 0 aliphatic carbocycles. The second-order valence-corrected chi connectivity index (χ2v) is 10.4. The van der Waals surface area contributed by atoms with E-state index in [2.05, 4.69) is 26.6 Å². The molecular formula is C26H44N8O14. The summed E-state index contributed by atoms with van der Waals surface area (Å²) in [5, 5.41) is 59.2. The number of hydrogen-bond donors (Lipinski definition) is 13. The molecule has 0 fully saturated rings.